The smallest absolute Gasteiger partial charge is 0.164 e. The Balaban J connectivity index is 2.07. The number of hydrogen-bond donors (Lipinski definition) is 2. The van der Waals surface area contributed by atoms with Crippen LogP contribution in [0.4, 0.5) is 5.69 Å². The number of hydrogen-bond acceptors (Lipinski definition) is 4. The molecule has 100 valence electrons. The highest BCUT2D eigenvalue weighted by atomic mass is 16.3. The molecule has 1 heterocycles. The van der Waals surface area contributed by atoms with E-state index in [9.17, 15) is 5.11 Å². The standard InChI is InChI=1S/C14H18N4O/c1-9-16-17-14(18(9)11-4-2-3-5-11)10-6-7-13(19)12(15)8-10/h6-8,11,19H,2-5,15H2,1H3. The van der Waals surface area contributed by atoms with Gasteiger partial charge >= 0.3 is 0 Å². The molecule has 0 aliphatic heterocycles. The first-order chi connectivity index (χ1) is 9.16. The summed E-state index contributed by atoms with van der Waals surface area (Å²) in [6.07, 6.45) is 4.89. The molecule has 5 nitrogen and oxygen atoms in total. The molecule has 0 spiro atoms. The molecule has 1 aromatic heterocycles. The Hall–Kier alpha value is -2.04. The molecule has 0 saturated heterocycles. The van der Waals surface area contributed by atoms with Gasteiger partial charge in [0.25, 0.3) is 0 Å². The monoisotopic (exact) mass is 258 g/mol. The minimum atomic E-state index is 0.104. The summed E-state index contributed by atoms with van der Waals surface area (Å²) in [7, 11) is 0. The van der Waals surface area contributed by atoms with Gasteiger partial charge < -0.3 is 15.4 Å². The van der Waals surface area contributed by atoms with Crippen LogP contribution in [0.2, 0.25) is 0 Å². The maximum absolute atomic E-state index is 9.51. The van der Waals surface area contributed by atoms with E-state index in [1.807, 2.05) is 13.0 Å². The van der Waals surface area contributed by atoms with Gasteiger partial charge in [-0.15, -0.1) is 10.2 Å². The molecule has 2 aromatic rings. The van der Waals surface area contributed by atoms with Gasteiger partial charge in [-0.05, 0) is 38.0 Å². The summed E-state index contributed by atoms with van der Waals surface area (Å²) in [5, 5.41) is 18.0. The number of nitrogens with zero attached hydrogens (tertiary/aromatic N) is 3. The zero-order valence-corrected chi connectivity index (χ0v) is 11.0. The normalized spacial score (nSPS) is 16.1. The van der Waals surface area contributed by atoms with E-state index in [0.717, 1.165) is 17.2 Å². The second-order valence-electron chi connectivity index (χ2n) is 5.15. The van der Waals surface area contributed by atoms with Crippen LogP contribution >= 0.6 is 0 Å². The van der Waals surface area contributed by atoms with Crippen molar-refractivity contribution in [2.24, 2.45) is 0 Å². The van der Waals surface area contributed by atoms with Crippen molar-refractivity contribution in [2.45, 2.75) is 38.6 Å². The molecule has 1 aliphatic rings. The van der Waals surface area contributed by atoms with Crippen LogP contribution in [0, 0.1) is 6.92 Å². The number of aromatic nitrogens is 3. The second kappa shape index (κ2) is 4.57. The highest BCUT2D eigenvalue weighted by Gasteiger charge is 2.23. The minimum Gasteiger partial charge on any atom is -0.506 e. The summed E-state index contributed by atoms with van der Waals surface area (Å²) >= 11 is 0. The van der Waals surface area contributed by atoms with E-state index in [4.69, 9.17) is 5.73 Å². The lowest BCUT2D eigenvalue weighted by molar-refractivity contribution is 0.478. The fourth-order valence-corrected chi connectivity index (χ4v) is 2.86. The van der Waals surface area contributed by atoms with Gasteiger partial charge in [-0.1, -0.05) is 12.8 Å². The summed E-state index contributed by atoms with van der Waals surface area (Å²) in [5.41, 5.74) is 7.04. The van der Waals surface area contributed by atoms with Crippen molar-refractivity contribution < 1.29 is 5.11 Å². The Labute approximate surface area is 112 Å². The molecule has 0 bridgehead atoms. The third-order valence-corrected chi connectivity index (χ3v) is 3.84. The van der Waals surface area contributed by atoms with Crippen LogP contribution in [0.5, 0.6) is 5.75 Å². The molecule has 5 heteroatoms. The number of nitrogens with two attached hydrogens (primary N) is 1. The molecule has 0 amide bonds. The number of nitrogen functional groups attached to an aromatic ring is 1. The van der Waals surface area contributed by atoms with Crippen LogP contribution in [0.15, 0.2) is 18.2 Å². The van der Waals surface area contributed by atoms with Crippen LogP contribution in [0.25, 0.3) is 11.4 Å². The molecular formula is C14H18N4O. The van der Waals surface area contributed by atoms with Gasteiger partial charge in [0.15, 0.2) is 5.82 Å². The minimum absolute atomic E-state index is 0.104. The molecule has 0 unspecified atom stereocenters. The van der Waals surface area contributed by atoms with E-state index >= 15 is 0 Å². The Morgan fingerprint density at radius 1 is 1.26 bits per heavy atom. The van der Waals surface area contributed by atoms with Crippen molar-refractivity contribution in [1.29, 1.82) is 0 Å². The van der Waals surface area contributed by atoms with Crippen molar-refractivity contribution in [2.75, 3.05) is 5.73 Å². The Morgan fingerprint density at radius 2 is 2.00 bits per heavy atom. The number of aryl methyl sites for hydroxylation is 1. The molecule has 19 heavy (non-hydrogen) atoms. The molecule has 3 N–H and O–H groups in total. The molecule has 1 aromatic carbocycles. The van der Waals surface area contributed by atoms with E-state index in [2.05, 4.69) is 14.8 Å². The van der Waals surface area contributed by atoms with E-state index < -0.39 is 0 Å². The maximum Gasteiger partial charge on any atom is 0.164 e. The summed E-state index contributed by atoms with van der Waals surface area (Å²) in [5.74, 6) is 1.89. The Kier molecular flexibility index (Phi) is 2.89. The molecule has 1 aliphatic carbocycles. The summed E-state index contributed by atoms with van der Waals surface area (Å²) in [6, 6.07) is 5.68. The quantitative estimate of drug-likeness (QED) is 0.641. The van der Waals surface area contributed by atoms with Crippen LogP contribution in [-0.2, 0) is 0 Å². The lowest BCUT2D eigenvalue weighted by Crippen LogP contribution is -2.08. The largest absolute Gasteiger partial charge is 0.506 e. The first kappa shape index (κ1) is 12.0. The lowest BCUT2D eigenvalue weighted by atomic mass is 10.1. The van der Waals surface area contributed by atoms with Crippen molar-refractivity contribution in [3.63, 3.8) is 0 Å². The predicted octanol–water partition coefficient (Wildman–Crippen LogP) is 2.66. The number of aromatic hydroxyl groups is 1. The molecule has 1 saturated carbocycles. The highest BCUT2D eigenvalue weighted by molar-refractivity contribution is 5.66. The first-order valence-electron chi connectivity index (χ1n) is 6.67. The average molecular weight is 258 g/mol. The third-order valence-electron chi connectivity index (χ3n) is 3.84. The van der Waals surface area contributed by atoms with Crippen molar-refractivity contribution in [3.05, 3.63) is 24.0 Å². The second-order valence-corrected chi connectivity index (χ2v) is 5.15. The lowest BCUT2D eigenvalue weighted by Gasteiger charge is -2.16. The van der Waals surface area contributed by atoms with Crippen LogP contribution in [0.3, 0.4) is 0 Å². The molecule has 0 atom stereocenters. The number of phenols is 1. The van der Waals surface area contributed by atoms with Crippen LogP contribution in [0.1, 0.15) is 37.5 Å². The number of rotatable bonds is 2. The van der Waals surface area contributed by atoms with Gasteiger partial charge in [-0.25, -0.2) is 0 Å². The number of anilines is 1. The summed E-state index contributed by atoms with van der Waals surface area (Å²) in [4.78, 5) is 0. The van der Waals surface area contributed by atoms with Crippen molar-refractivity contribution in [3.8, 4) is 17.1 Å². The maximum atomic E-state index is 9.51. The van der Waals surface area contributed by atoms with Crippen molar-refractivity contribution in [1.82, 2.24) is 14.8 Å². The molecule has 0 radical (unpaired) electrons. The number of benzene rings is 1. The van der Waals surface area contributed by atoms with Gasteiger partial charge in [-0.2, -0.15) is 0 Å². The summed E-state index contributed by atoms with van der Waals surface area (Å²) in [6.45, 7) is 1.98. The Bertz CT molecular complexity index is 599. The van der Waals surface area contributed by atoms with Crippen molar-refractivity contribution >= 4 is 5.69 Å². The van der Waals surface area contributed by atoms with E-state index in [1.54, 1.807) is 12.1 Å². The Morgan fingerprint density at radius 3 is 2.68 bits per heavy atom. The predicted molar refractivity (Wildman–Crippen MR) is 73.8 cm³/mol. The fourth-order valence-electron chi connectivity index (χ4n) is 2.86. The molecule has 1 fully saturated rings. The molecule has 3 rings (SSSR count). The van der Waals surface area contributed by atoms with E-state index in [0.29, 0.717) is 11.7 Å². The van der Waals surface area contributed by atoms with Gasteiger partial charge in [0.05, 0.1) is 5.69 Å². The van der Waals surface area contributed by atoms with Gasteiger partial charge in [-0.3, -0.25) is 0 Å². The topological polar surface area (TPSA) is 77.0 Å². The van der Waals surface area contributed by atoms with Gasteiger partial charge in [0, 0.05) is 11.6 Å². The zero-order chi connectivity index (χ0) is 13.4. The average Bonchev–Trinajstić information content (AvgIpc) is 3.01. The van der Waals surface area contributed by atoms with Gasteiger partial charge in [0.2, 0.25) is 0 Å². The fraction of sp³-hybridized carbons (Fsp3) is 0.429. The first-order valence-corrected chi connectivity index (χ1v) is 6.67. The summed E-state index contributed by atoms with van der Waals surface area (Å²) < 4.78 is 2.21. The van der Waals surface area contributed by atoms with E-state index in [-0.39, 0.29) is 5.75 Å². The zero-order valence-electron chi connectivity index (χ0n) is 11.0. The molecular weight excluding hydrogens is 240 g/mol. The highest BCUT2D eigenvalue weighted by Crippen LogP contribution is 2.35. The van der Waals surface area contributed by atoms with E-state index in [1.165, 1.54) is 25.7 Å². The van der Waals surface area contributed by atoms with Crippen LogP contribution in [-0.4, -0.2) is 19.9 Å². The SMILES string of the molecule is Cc1nnc(-c2ccc(O)c(N)c2)n1C1CCCC1. The van der Waals surface area contributed by atoms with Gasteiger partial charge in [0.1, 0.15) is 11.6 Å². The van der Waals surface area contributed by atoms with Crippen LogP contribution < -0.4 is 5.73 Å². The third kappa shape index (κ3) is 2.05. The number of phenolic OH excluding ortho intramolecular Hbond substituents is 1.